The maximum atomic E-state index is 9.09. The smallest absolute Gasteiger partial charge is 0.0554 e. The zero-order valence-corrected chi connectivity index (χ0v) is 8.31. The molecular weight excluding hydrogens is 166 g/mol. The van der Waals surface area contributed by atoms with E-state index in [1.54, 1.807) is 0 Å². The fourth-order valence-electron chi connectivity index (χ4n) is 1.75. The van der Waals surface area contributed by atoms with Crippen LogP contribution < -0.4 is 5.32 Å². The number of rotatable bonds is 5. The van der Waals surface area contributed by atoms with Crippen LogP contribution in [0.2, 0.25) is 0 Å². The summed E-state index contributed by atoms with van der Waals surface area (Å²) in [5.41, 5.74) is 0.590. The molecule has 0 bridgehead atoms. The molecule has 76 valence electrons. The third-order valence-electron chi connectivity index (χ3n) is 3.25. The molecule has 0 aromatic heterocycles. The molecule has 0 radical (unpaired) electrons. The maximum absolute atomic E-state index is 9.09. The lowest BCUT2D eigenvalue weighted by molar-refractivity contribution is -0.0994. The molecule has 2 fully saturated rings. The second-order valence-corrected chi connectivity index (χ2v) is 5.07. The highest BCUT2D eigenvalue weighted by Gasteiger charge is 2.42. The number of hydrogen-bond donors (Lipinski definition) is 2. The highest BCUT2D eigenvalue weighted by atomic mass is 16.5. The molecule has 2 N–H and O–H groups in total. The summed E-state index contributed by atoms with van der Waals surface area (Å²) in [7, 11) is 0. The van der Waals surface area contributed by atoms with E-state index < -0.39 is 0 Å². The van der Waals surface area contributed by atoms with Gasteiger partial charge < -0.3 is 15.2 Å². The van der Waals surface area contributed by atoms with Gasteiger partial charge in [-0.25, -0.2) is 0 Å². The summed E-state index contributed by atoms with van der Waals surface area (Å²) in [4.78, 5) is 0. The SMILES string of the molecule is CC1(CNCC2(CO)CC2)COC1. The minimum Gasteiger partial charge on any atom is -0.396 e. The van der Waals surface area contributed by atoms with E-state index in [9.17, 15) is 0 Å². The van der Waals surface area contributed by atoms with Gasteiger partial charge in [0.2, 0.25) is 0 Å². The van der Waals surface area contributed by atoms with Gasteiger partial charge in [-0.1, -0.05) is 6.92 Å². The van der Waals surface area contributed by atoms with Gasteiger partial charge in [0.1, 0.15) is 0 Å². The Balaban J connectivity index is 1.63. The van der Waals surface area contributed by atoms with Crippen LogP contribution in [0.15, 0.2) is 0 Å². The van der Waals surface area contributed by atoms with E-state index >= 15 is 0 Å². The van der Waals surface area contributed by atoms with Gasteiger partial charge in [-0.3, -0.25) is 0 Å². The molecule has 0 aromatic carbocycles. The molecule has 13 heavy (non-hydrogen) atoms. The van der Waals surface area contributed by atoms with Gasteiger partial charge in [-0.2, -0.15) is 0 Å². The first kappa shape index (κ1) is 9.44. The van der Waals surface area contributed by atoms with E-state index in [2.05, 4.69) is 12.2 Å². The quantitative estimate of drug-likeness (QED) is 0.651. The van der Waals surface area contributed by atoms with Crippen molar-refractivity contribution in [3.05, 3.63) is 0 Å². The zero-order chi connectivity index (χ0) is 9.36. The van der Waals surface area contributed by atoms with E-state index in [1.165, 1.54) is 12.8 Å². The molecule has 1 aliphatic heterocycles. The number of aliphatic hydroxyl groups is 1. The van der Waals surface area contributed by atoms with Crippen LogP contribution in [-0.2, 0) is 4.74 Å². The van der Waals surface area contributed by atoms with E-state index in [1.807, 2.05) is 0 Å². The molecule has 0 spiro atoms. The predicted octanol–water partition coefficient (Wildman–Crippen LogP) is 0.385. The summed E-state index contributed by atoms with van der Waals surface area (Å²) in [6.45, 7) is 6.33. The minimum atomic E-state index is 0.237. The molecule has 0 aromatic rings. The third kappa shape index (κ3) is 2.03. The van der Waals surface area contributed by atoms with Crippen LogP contribution in [0, 0.1) is 10.8 Å². The van der Waals surface area contributed by atoms with Crippen LogP contribution in [0.5, 0.6) is 0 Å². The molecule has 1 saturated heterocycles. The van der Waals surface area contributed by atoms with Crippen molar-refractivity contribution in [1.82, 2.24) is 5.32 Å². The number of aliphatic hydroxyl groups excluding tert-OH is 1. The van der Waals surface area contributed by atoms with E-state index in [0.29, 0.717) is 12.0 Å². The molecule has 1 heterocycles. The van der Waals surface area contributed by atoms with E-state index in [-0.39, 0.29) is 5.41 Å². The van der Waals surface area contributed by atoms with Gasteiger partial charge in [0.05, 0.1) is 13.2 Å². The summed E-state index contributed by atoms with van der Waals surface area (Å²) in [6.07, 6.45) is 2.37. The maximum Gasteiger partial charge on any atom is 0.0554 e. The summed E-state index contributed by atoms with van der Waals surface area (Å²) in [5, 5.41) is 12.5. The van der Waals surface area contributed by atoms with Crippen molar-refractivity contribution >= 4 is 0 Å². The average Bonchev–Trinajstić information content (AvgIpc) is 2.83. The summed E-state index contributed by atoms with van der Waals surface area (Å²) in [5.74, 6) is 0. The standard InChI is InChI=1S/C10H19NO2/c1-9(7-13-8-9)4-11-5-10(6-12)2-3-10/h11-12H,2-8H2,1H3. The van der Waals surface area contributed by atoms with Gasteiger partial charge in [0, 0.05) is 30.5 Å². The Bertz CT molecular complexity index is 181. The Morgan fingerprint density at radius 1 is 1.31 bits per heavy atom. The Labute approximate surface area is 79.5 Å². The molecule has 0 amide bonds. The average molecular weight is 185 g/mol. The van der Waals surface area contributed by atoms with Crippen molar-refractivity contribution in [1.29, 1.82) is 0 Å². The van der Waals surface area contributed by atoms with Crippen LogP contribution in [0.3, 0.4) is 0 Å². The number of hydrogen-bond acceptors (Lipinski definition) is 3. The lowest BCUT2D eigenvalue weighted by atomic mass is 9.88. The van der Waals surface area contributed by atoms with Crippen LogP contribution in [-0.4, -0.2) is 38.0 Å². The molecule has 2 rings (SSSR count). The molecule has 0 unspecified atom stereocenters. The highest BCUT2D eigenvalue weighted by Crippen LogP contribution is 2.44. The second kappa shape index (κ2) is 3.23. The van der Waals surface area contributed by atoms with E-state index in [4.69, 9.17) is 9.84 Å². The number of ether oxygens (including phenoxy) is 1. The Hall–Kier alpha value is -0.120. The van der Waals surface area contributed by atoms with Crippen molar-refractivity contribution < 1.29 is 9.84 Å². The van der Waals surface area contributed by atoms with Crippen molar-refractivity contribution in [3.8, 4) is 0 Å². The normalized spacial score (nSPS) is 28.2. The summed E-state index contributed by atoms with van der Waals surface area (Å²) >= 11 is 0. The van der Waals surface area contributed by atoms with Crippen LogP contribution in [0.25, 0.3) is 0 Å². The van der Waals surface area contributed by atoms with Gasteiger partial charge in [-0.05, 0) is 12.8 Å². The van der Waals surface area contributed by atoms with Crippen molar-refractivity contribution in [2.45, 2.75) is 19.8 Å². The Morgan fingerprint density at radius 3 is 2.38 bits per heavy atom. The van der Waals surface area contributed by atoms with Crippen LogP contribution in [0.1, 0.15) is 19.8 Å². The van der Waals surface area contributed by atoms with Crippen LogP contribution >= 0.6 is 0 Å². The van der Waals surface area contributed by atoms with Gasteiger partial charge in [-0.15, -0.1) is 0 Å². The fourth-order valence-corrected chi connectivity index (χ4v) is 1.75. The fraction of sp³-hybridized carbons (Fsp3) is 1.00. The summed E-state index contributed by atoms with van der Waals surface area (Å²) < 4.78 is 5.17. The van der Waals surface area contributed by atoms with E-state index in [0.717, 1.165) is 26.3 Å². The lowest BCUT2D eigenvalue weighted by Crippen LogP contribution is -2.48. The first-order valence-corrected chi connectivity index (χ1v) is 5.08. The molecule has 0 atom stereocenters. The third-order valence-corrected chi connectivity index (χ3v) is 3.25. The Kier molecular flexibility index (Phi) is 2.34. The highest BCUT2D eigenvalue weighted by molar-refractivity contribution is 4.95. The first-order chi connectivity index (χ1) is 6.18. The second-order valence-electron chi connectivity index (χ2n) is 5.07. The number of nitrogens with one attached hydrogen (secondary N) is 1. The van der Waals surface area contributed by atoms with Gasteiger partial charge in [0.15, 0.2) is 0 Å². The van der Waals surface area contributed by atoms with Gasteiger partial charge in [0.25, 0.3) is 0 Å². The summed E-state index contributed by atoms with van der Waals surface area (Å²) in [6, 6.07) is 0. The largest absolute Gasteiger partial charge is 0.396 e. The molecule has 1 saturated carbocycles. The monoisotopic (exact) mass is 185 g/mol. The zero-order valence-electron chi connectivity index (χ0n) is 8.31. The molecule has 3 heteroatoms. The minimum absolute atomic E-state index is 0.237. The lowest BCUT2D eigenvalue weighted by Gasteiger charge is -2.38. The first-order valence-electron chi connectivity index (χ1n) is 5.08. The van der Waals surface area contributed by atoms with Crippen molar-refractivity contribution in [3.63, 3.8) is 0 Å². The topological polar surface area (TPSA) is 41.5 Å². The predicted molar refractivity (Wildman–Crippen MR) is 50.5 cm³/mol. The van der Waals surface area contributed by atoms with Crippen molar-refractivity contribution in [2.24, 2.45) is 10.8 Å². The van der Waals surface area contributed by atoms with Gasteiger partial charge >= 0.3 is 0 Å². The Morgan fingerprint density at radius 2 is 2.00 bits per heavy atom. The molecule has 1 aliphatic carbocycles. The molecular formula is C10H19NO2. The molecule has 2 aliphatic rings. The van der Waals surface area contributed by atoms with Crippen molar-refractivity contribution in [2.75, 3.05) is 32.9 Å². The van der Waals surface area contributed by atoms with Crippen LogP contribution in [0.4, 0.5) is 0 Å². The molecule has 3 nitrogen and oxygen atoms in total.